The number of hydrogen-bond donors (Lipinski definition) is 3. The number of hydrogen-bond acceptors (Lipinski definition) is 4. The zero-order valence-electron chi connectivity index (χ0n) is 15.7. The van der Waals surface area contributed by atoms with Crippen molar-refractivity contribution in [2.45, 2.75) is 38.6 Å². The summed E-state index contributed by atoms with van der Waals surface area (Å²) in [6.45, 7) is 5.18. The lowest BCUT2D eigenvalue weighted by Gasteiger charge is -2.14. The number of carbonyl (C=O) groups is 2. The molecule has 0 bridgehead atoms. The molecule has 0 saturated carbocycles. The summed E-state index contributed by atoms with van der Waals surface area (Å²) >= 11 is 1.48. The maximum Gasteiger partial charge on any atom is 0.252 e. The third-order valence-corrected chi connectivity index (χ3v) is 4.88. The van der Waals surface area contributed by atoms with Crippen LogP contribution in [0.15, 0.2) is 41.1 Å². The zero-order valence-corrected chi connectivity index (χ0v) is 17.4. The molecule has 0 aliphatic rings. The van der Waals surface area contributed by atoms with Crippen molar-refractivity contribution >= 4 is 35.6 Å². The third-order valence-electron chi connectivity index (χ3n) is 4.20. The molecule has 1 unspecified atom stereocenters. The number of rotatable bonds is 9. The minimum Gasteiger partial charge on any atom is -0.354 e. The molecule has 1 atom stereocenters. The van der Waals surface area contributed by atoms with Crippen LogP contribution in [-0.4, -0.2) is 24.9 Å². The quantitative estimate of drug-likeness (QED) is 0.553. The predicted molar refractivity (Wildman–Crippen MR) is 114 cm³/mol. The second-order valence-corrected chi connectivity index (χ2v) is 7.38. The predicted octanol–water partition coefficient (Wildman–Crippen LogP) is 3.62. The molecule has 1 aromatic heterocycles. The van der Waals surface area contributed by atoms with Gasteiger partial charge in [0.1, 0.15) is 0 Å². The number of thiophene rings is 1. The van der Waals surface area contributed by atoms with Crippen molar-refractivity contribution < 1.29 is 9.59 Å². The second kappa shape index (κ2) is 11.7. The first-order valence-electron chi connectivity index (χ1n) is 8.90. The highest BCUT2D eigenvalue weighted by Gasteiger charge is 2.10. The number of halogens is 1. The van der Waals surface area contributed by atoms with E-state index in [1.807, 2.05) is 17.5 Å². The highest BCUT2D eigenvalue weighted by Crippen LogP contribution is 2.17. The fourth-order valence-electron chi connectivity index (χ4n) is 2.50. The van der Waals surface area contributed by atoms with Gasteiger partial charge in [0, 0.05) is 36.5 Å². The summed E-state index contributed by atoms with van der Waals surface area (Å²) in [6.07, 6.45) is 0.961. The Labute approximate surface area is 171 Å². The van der Waals surface area contributed by atoms with Crippen molar-refractivity contribution in [3.8, 4) is 0 Å². The van der Waals surface area contributed by atoms with Crippen molar-refractivity contribution in [3.05, 3.63) is 57.8 Å². The SMILES string of the molecule is CC(C)c1ccc(C(N)CNC(=O)CCCNC(=O)c2ccsc2)cc1.Cl. The minimum absolute atomic E-state index is 0. The molecule has 4 N–H and O–H groups in total. The largest absolute Gasteiger partial charge is 0.354 e. The standard InChI is InChI=1S/C20H27N3O2S.ClH/c1-14(2)15-5-7-16(8-6-15)18(21)12-23-19(24)4-3-10-22-20(25)17-9-11-26-13-17;/h5-9,11,13-14,18H,3-4,10,12,21H2,1-2H3,(H,22,25)(H,23,24);1H. The molecule has 1 aromatic carbocycles. The molecule has 2 aromatic rings. The molecule has 2 rings (SSSR count). The Morgan fingerprint density at radius 2 is 1.74 bits per heavy atom. The van der Waals surface area contributed by atoms with E-state index in [2.05, 4.69) is 36.6 Å². The van der Waals surface area contributed by atoms with Crippen molar-refractivity contribution in [1.82, 2.24) is 10.6 Å². The van der Waals surface area contributed by atoms with Crippen LogP contribution in [-0.2, 0) is 4.79 Å². The first-order valence-corrected chi connectivity index (χ1v) is 9.84. The molecular weight excluding hydrogens is 382 g/mol. The lowest BCUT2D eigenvalue weighted by Crippen LogP contribution is -2.32. The van der Waals surface area contributed by atoms with E-state index < -0.39 is 0 Å². The van der Waals surface area contributed by atoms with E-state index in [-0.39, 0.29) is 30.3 Å². The Morgan fingerprint density at radius 1 is 1.07 bits per heavy atom. The van der Waals surface area contributed by atoms with Crippen LogP contribution >= 0.6 is 23.7 Å². The Hall–Kier alpha value is -1.89. The van der Waals surface area contributed by atoms with Crippen LogP contribution in [0, 0.1) is 0 Å². The number of carbonyl (C=O) groups excluding carboxylic acids is 2. The molecule has 7 heteroatoms. The maximum absolute atomic E-state index is 11.9. The van der Waals surface area contributed by atoms with E-state index >= 15 is 0 Å². The zero-order chi connectivity index (χ0) is 18.9. The lowest BCUT2D eigenvalue weighted by atomic mass is 9.99. The summed E-state index contributed by atoms with van der Waals surface area (Å²) in [5.41, 5.74) is 9.09. The number of nitrogens with two attached hydrogens (primary N) is 1. The van der Waals surface area contributed by atoms with E-state index in [0.717, 1.165) is 5.56 Å². The summed E-state index contributed by atoms with van der Waals surface area (Å²) in [4.78, 5) is 23.7. The van der Waals surface area contributed by atoms with Crippen LogP contribution in [0.2, 0.25) is 0 Å². The van der Waals surface area contributed by atoms with Gasteiger partial charge in [0.2, 0.25) is 5.91 Å². The summed E-state index contributed by atoms with van der Waals surface area (Å²) in [6, 6.07) is 9.76. The van der Waals surface area contributed by atoms with Gasteiger partial charge >= 0.3 is 0 Å². The minimum atomic E-state index is -0.224. The van der Waals surface area contributed by atoms with Gasteiger partial charge in [0.05, 0.1) is 0 Å². The van der Waals surface area contributed by atoms with Crippen molar-refractivity contribution in [1.29, 1.82) is 0 Å². The van der Waals surface area contributed by atoms with Crippen LogP contribution < -0.4 is 16.4 Å². The summed E-state index contributed by atoms with van der Waals surface area (Å²) < 4.78 is 0. The van der Waals surface area contributed by atoms with Crippen LogP contribution in [0.4, 0.5) is 0 Å². The van der Waals surface area contributed by atoms with Crippen LogP contribution in [0.3, 0.4) is 0 Å². The molecule has 2 amide bonds. The van der Waals surface area contributed by atoms with Crippen molar-refractivity contribution in [2.24, 2.45) is 5.73 Å². The Kier molecular flexibility index (Phi) is 10.1. The molecule has 0 aliphatic carbocycles. The molecule has 27 heavy (non-hydrogen) atoms. The molecule has 0 spiro atoms. The van der Waals surface area contributed by atoms with E-state index in [9.17, 15) is 9.59 Å². The maximum atomic E-state index is 11.9. The van der Waals surface area contributed by atoms with Gasteiger partial charge in [-0.1, -0.05) is 38.1 Å². The van der Waals surface area contributed by atoms with Gasteiger partial charge in [0.25, 0.3) is 5.91 Å². The van der Waals surface area contributed by atoms with Crippen LogP contribution in [0.5, 0.6) is 0 Å². The molecular formula is C20H28ClN3O2S. The van der Waals surface area contributed by atoms with Crippen LogP contribution in [0.25, 0.3) is 0 Å². The first kappa shape index (κ1) is 23.1. The summed E-state index contributed by atoms with van der Waals surface area (Å²) in [5.74, 6) is 0.336. The summed E-state index contributed by atoms with van der Waals surface area (Å²) in [7, 11) is 0. The highest BCUT2D eigenvalue weighted by atomic mass is 35.5. The van der Waals surface area contributed by atoms with Gasteiger partial charge in [0.15, 0.2) is 0 Å². The average Bonchev–Trinajstić information content (AvgIpc) is 3.18. The van der Waals surface area contributed by atoms with Gasteiger partial charge in [-0.25, -0.2) is 0 Å². The molecule has 0 saturated heterocycles. The monoisotopic (exact) mass is 409 g/mol. The molecule has 0 fully saturated rings. The first-order chi connectivity index (χ1) is 12.5. The Balaban J connectivity index is 0.00000364. The highest BCUT2D eigenvalue weighted by molar-refractivity contribution is 7.08. The van der Waals surface area contributed by atoms with Crippen molar-refractivity contribution in [3.63, 3.8) is 0 Å². The van der Waals surface area contributed by atoms with E-state index in [4.69, 9.17) is 5.73 Å². The fourth-order valence-corrected chi connectivity index (χ4v) is 3.14. The smallest absolute Gasteiger partial charge is 0.252 e. The topological polar surface area (TPSA) is 84.2 Å². The van der Waals surface area contributed by atoms with Gasteiger partial charge in [-0.15, -0.1) is 12.4 Å². The Bertz CT molecular complexity index is 703. The summed E-state index contributed by atoms with van der Waals surface area (Å²) in [5, 5.41) is 9.33. The third kappa shape index (κ3) is 7.71. The normalized spacial score (nSPS) is 11.6. The molecule has 5 nitrogen and oxygen atoms in total. The van der Waals surface area contributed by atoms with Gasteiger partial charge in [-0.3, -0.25) is 9.59 Å². The molecule has 0 radical (unpaired) electrons. The number of nitrogens with one attached hydrogen (secondary N) is 2. The number of amides is 2. The fraction of sp³-hybridized carbons (Fsp3) is 0.400. The van der Waals surface area contributed by atoms with Gasteiger partial charge < -0.3 is 16.4 Å². The average molecular weight is 410 g/mol. The lowest BCUT2D eigenvalue weighted by molar-refractivity contribution is -0.121. The van der Waals surface area contributed by atoms with E-state index in [0.29, 0.717) is 37.4 Å². The molecule has 148 valence electrons. The van der Waals surface area contributed by atoms with Crippen LogP contribution in [0.1, 0.15) is 60.1 Å². The number of benzene rings is 1. The molecule has 0 aliphatic heterocycles. The molecule has 1 heterocycles. The van der Waals surface area contributed by atoms with E-state index in [1.54, 1.807) is 11.4 Å². The van der Waals surface area contributed by atoms with E-state index in [1.165, 1.54) is 16.9 Å². The second-order valence-electron chi connectivity index (χ2n) is 6.60. The van der Waals surface area contributed by atoms with Gasteiger partial charge in [-0.05, 0) is 34.9 Å². The van der Waals surface area contributed by atoms with Crippen molar-refractivity contribution in [2.75, 3.05) is 13.1 Å². The Morgan fingerprint density at radius 3 is 2.33 bits per heavy atom. The van der Waals surface area contributed by atoms with Gasteiger partial charge in [-0.2, -0.15) is 11.3 Å².